The largest absolute Gasteiger partial charge is 0.395 e. The Morgan fingerprint density at radius 1 is 1.54 bits per heavy atom. The zero-order valence-corrected chi connectivity index (χ0v) is 9.14. The molecule has 0 aromatic rings. The third kappa shape index (κ3) is 5.83. The maximum atomic E-state index is 8.57. The molecule has 0 saturated heterocycles. The van der Waals surface area contributed by atoms with Gasteiger partial charge in [0.15, 0.2) is 0 Å². The zero-order chi connectivity index (χ0) is 10.1. The Kier molecular flexibility index (Phi) is 8.05. The van der Waals surface area contributed by atoms with Gasteiger partial charge in [0.05, 0.1) is 6.61 Å². The van der Waals surface area contributed by atoms with Crippen molar-refractivity contribution in [1.29, 1.82) is 0 Å². The summed E-state index contributed by atoms with van der Waals surface area (Å²) < 4.78 is 0. The van der Waals surface area contributed by atoms with E-state index in [0.717, 1.165) is 13.0 Å². The Hall–Kier alpha value is -0.340. The molecular weight excluding hydrogens is 162 g/mol. The number of hydrogen-bond acceptors (Lipinski definition) is 2. The second-order valence-electron chi connectivity index (χ2n) is 3.20. The van der Waals surface area contributed by atoms with Gasteiger partial charge in [-0.2, -0.15) is 0 Å². The number of aliphatic hydroxyl groups excluding tert-OH is 1. The van der Waals surface area contributed by atoms with Gasteiger partial charge >= 0.3 is 0 Å². The molecule has 2 nitrogen and oxygen atoms in total. The van der Waals surface area contributed by atoms with E-state index in [-0.39, 0.29) is 6.61 Å². The van der Waals surface area contributed by atoms with Gasteiger partial charge in [-0.25, -0.2) is 0 Å². The predicted molar refractivity (Wildman–Crippen MR) is 57.8 cm³/mol. The maximum Gasteiger partial charge on any atom is 0.0556 e. The molecule has 1 unspecified atom stereocenters. The SMILES string of the molecule is CC.CC1=CCC(NCCO)CC1. The summed E-state index contributed by atoms with van der Waals surface area (Å²) in [6.07, 6.45) is 5.86. The summed E-state index contributed by atoms with van der Waals surface area (Å²) >= 11 is 0. The van der Waals surface area contributed by atoms with Crippen LogP contribution in [0, 0.1) is 0 Å². The van der Waals surface area contributed by atoms with Crippen molar-refractivity contribution in [3.05, 3.63) is 11.6 Å². The topological polar surface area (TPSA) is 32.3 Å². The van der Waals surface area contributed by atoms with E-state index in [4.69, 9.17) is 5.11 Å². The van der Waals surface area contributed by atoms with Crippen molar-refractivity contribution in [2.75, 3.05) is 13.2 Å². The van der Waals surface area contributed by atoms with Crippen molar-refractivity contribution in [3.8, 4) is 0 Å². The highest BCUT2D eigenvalue weighted by atomic mass is 16.3. The Labute approximate surface area is 82.0 Å². The molecule has 1 rings (SSSR count). The summed E-state index contributed by atoms with van der Waals surface area (Å²) in [5.74, 6) is 0. The summed E-state index contributed by atoms with van der Waals surface area (Å²) in [6, 6.07) is 0.603. The molecule has 0 radical (unpaired) electrons. The predicted octanol–water partition coefficient (Wildman–Crippen LogP) is 2.09. The molecule has 0 saturated carbocycles. The molecule has 0 heterocycles. The minimum Gasteiger partial charge on any atom is -0.395 e. The van der Waals surface area contributed by atoms with Crippen LogP contribution in [0.1, 0.15) is 40.0 Å². The summed E-state index contributed by atoms with van der Waals surface area (Å²) in [6.45, 7) is 7.17. The minimum atomic E-state index is 0.249. The average molecular weight is 185 g/mol. The van der Waals surface area contributed by atoms with Crippen molar-refractivity contribution < 1.29 is 5.11 Å². The van der Waals surface area contributed by atoms with Crippen molar-refractivity contribution >= 4 is 0 Å². The number of nitrogens with one attached hydrogen (secondary N) is 1. The average Bonchev–Trinajstić information content (AvgIpc) is 2.20. The molecular formula is C11H23NO. The molecule has 0 bridgehead atoms. The lowest BCUT2D eigenvalue weighted by Crippen LogP contribution is -2.32. The fourth-order valence-corrected chi connectivity index (χ4v) is 1.42. The summed E-state index contributed by atoms with van der Waals surface area (Å²) in [4.78, 5) is 0. The second-order valence-corrected chi connectivity index (χ2v) is 3.20. The first kappa shape index (κ1) is 12.7. The highest BCUT2D eigenvalue weighted by Crippen LogP contribution is 2.16. The molecule has 0 aromatic heterocycles. The highest BCUT2D eigenvalue weighted by molar-refractivity contribution is 5.04. The number of rotatable bonds is 3. The number of aliphatic hydroxyl groups is 1. The van der Waals surface area contributed by atoms with Gasteiger partial charge in [0.2, 0.25) is 0 Å². The monoisotopic (exact) mass is 185 g/mol. The van der Waals surface area contributed by atoms with Gasteiger partial charge in [-0.05, 0) is 26.2 Å². The molecule has 1 aliphatic carbocycles. The lowest BCUT2D eigenvalue weighted by Gasteiger charge is -2.21. The van der Waals surface area contributed by atoms with Gasteiger partial charge in [-0.1, -0.05) is 25.5 Å². The Bertz CT molecular complexity index is 143. The summed E-state index contributed by atoms with van der Waals surface area (Å²) in [7, 11) is 0. The number of allylic oxidation sites excluding steroid dienone is 1. The molecule has 0 aliphatic heterocycles. The van der Waals surface area contributed by atoms with Crippen LogP contribution >= 0.6 is 0 Å². The van der Waals surface area contributed by atoms with Crippen LogP contribution in [0.4, 0.5) is 0 Å². The van der Waals surface area contributed by atoms with Crippen molar-refractivity contribution in [1.82, 2.24) is 5.32 Å². The third-order valence-electron chi connectivity index (χ3n) is 2.18. The molecule has 2 heteroatoms. The van der Waals surface area contributed by atoms with Crippen LogP contribution < -0.4 is 5.32 Å². The maximum absolute atomic E-state index is 8.57. The van der Waals surface area contributed by atoms with Gasteiger partial charge in [-0.15, -0.1) is 0 Å². The Morgan fingerprint density at radius 2 is 2.23 bits per heavy atom. The van der Waals surface area contributed by atoms with Gasteiger partial charge in [-0.3, -0.25) is 0 Å². The van der Waals surface area contributed by atoms with Gasteiger partial charge in [0, 0.05) is 12.6 Å². The lowest BCUT2D eigenvalue weighted by molar-refractivity contribution is 0.281. The third-order valence-corrected chi connectivity index (χ3v) is 2.18. The van der Waals surface area contributed by atoms with E-state index >= 15 is 0 Å². The van der Waals surface area contributed by atoms with Gasteiger partial charge in [0.25, 0.3) is 0 Å². The first-order valence-electron chi connectivity index (χ1n) is 5.33. The van der Waals surface area contributed by atoms with Crippen molar-refractivity contribution in [2.24, 2.45) is 0 Å². The zero-order valence-electron chi connectivity index (χ0n) is 9.14. The number of hydrogen-bond donors (Lipinski definition) is 2. The van der Waals surface area contributed by atoms with E-state index in [1.54, 1.807) is 0 Å². The van der Waals surface area contributed by atoms with Gasteiger partial charge < -0.3 is 10.4 Å². The fraction of sp³-hybridized carbons (Fsp3) is 0.818. The molecule has 78 valence electrons. The fourth-order valence-electron chi connectivity index (χ4n) is 1.42. The lowest BCUT2D eigenvalue weighted by atomic mass is 9.96. The van der Waals surface area contributed by atoms with Crippen molar-refractivity contribution in [2.45, 2.75) is 46.1 Å². The smallest absolute Gasteiger partial charge is 0.0556 e. The van der Waals surface area contributed by atoms with Crippen LogP contribution in [-0.2, 0) is 0 Å². The Morgan fingerprint density at radius 3 is 2.69 bits per heavy atom. The van der Waals surface area contributed by atoms with E-state index in [1.807, 2.05) is 13.8 Å². The van der Waals surface area contributed by atoms with E-state index < -0.39 is 0 Å². The quantitative estimate of drug-likeness (QED) is 0.660. The van der Waals surface area contributed by atoms with E-state index in [1.165, 1.54) is 18.4 Å². The first-order chi connectivity index (χ1) is 6.33. The summed E-state index contributed by atoms with van der Waals surface area (Å²) in [5, 5.41) is 11.9. The molecule has 0 aromatic carbocycles. The van der Waals surface area contributed by atoms with Crippen LogP contribution in [0.15, 0.2) is 11.6 Å². The van der Waals surface area contributed by atoms with Crippen LogP contribution in [-0.4, -0.2) is 24.3 Å². The minimum absolute atomic E-state index is 0.249. The molecule has 1 atom stereocenters. The Balaban J connectivity index is 0.000000671. The van der Waals surface area contributed by atoms with Gasteiger partial charge in [0.1, 0.15) is 0 Å². The molecule has 13 heavy (non-hydrogen) atoms. The molecule has 0 spiro atoms. The summed E-state index contributed by atoms with van der Waals surface area (Å²) in [5.41, 5.74) is 1.51. The molecule has 2 N–H and O–H groups in total. The van der Waals surface area contributed by atoms with Crippen LogP contribution in [0.2, 0.25) is 0 Å². The molecule has 0 fully saturated rings. The van der Waals surface area contributed by atoms with Crippen LogP contribution in [0.3, 0.4) is 0 Å². The molecule has 1 aliphatic rings. The van der Waals surface area contributed by atoms with Crippen LogP contribution in [0.25, 0.3) is 0 Å². The van der Waals surface area contributed by atoms with Crippen molar-refractivity contribution in [3.63, 3.8) is 0 Å². The van der Waals surface area contributed by atoms with E-state index in [2.05, 4.69) is 18.3 Å². The normalized spacial score (nSPS) is 21.5. The van der Waals surface area contributed by atoms with E-state index in [9.17, 15) is 0 Å². The van der Waals surface area contributed by atoms with E-state index in [0.29, 0.717) is 6.04 Å². The first-order valence-corrected chi connectivity index (χ1v) is 5.33. The molecule has 0 amide bonds. The highest BCUT2D eigenvalue weighted by Gasteiger charge is 2.10. The second kappa shape index (κ2) is 8.27. The van der Waals surface area contributed by atoms with Crippen LogP contribution in [0.5, 0.6) is 0 Å². The standard InChI is InChI=1S/C9H17NO.C2H6/c1-8-2-4-9(5-3-8)10-6-7-11;1-2/h2,9-11H,3-7H2,1H3;1-2H3.